The van der Waals surface area contributed by atoms with Crippen LogP contribution in [0.2, 0.25) is 0 Å². The maximum absolute atomic E-state index is 11.7. The van der Waals surface area contributed by atoms with Crippen molar-refractivity contribution in [2.45, 2.75) is 19.9 Å². The first kappa shape index (κ1) is 11.5. The van der Waals surface area contributed by atoms with Crippen molar-refractivity contribution in [1.29, 1.82) is 0 Å². The average Bonchev–Trinajstić information content (AvgIpc) is 2.41. The normalized spacial score (nSPS) is 28.4. The fourth-order valence-corrected chi connectivity index (χ4v) is 1.75. The number of hydrogen-bond donors (Lipinski definition) is 2. The lowest BCUT2D eigenvalue weighted by atomic mass is 10.0. The lowest BCUT2D eigenvalue weighted by molar-refractivity contribution is -0.125. The van der Waals surface area contributed by atoms with Crippen LogP contribution in [0.4, 0.5) is 0 Å². The van der Waals surface area contributed by atoms with Gasteiger partial charge in [-0.2, -0.15) is 0 Å². The molecule has 0 aromatic rings. The molecule has 4 nitrogen and oxygen atoms in total. The molecule has 0 radical (unpaired) electrons. The molecule has 1 heterocycles. The summed E-state index contributed by atoms with van der Waals surface area (Å²) < 4.78 is 0. The zero-order valence-electron chi connectivity index (χ0n) is 9.29. The number of likely N-dealkylation sites (tertiary alicyclic amines) is 1. The molecule has 0 saturated carbocycles. The molecular formula is C10H21N3O. The van der Waals surface area contributed by atoms with Gasteiger partial charge in [-0.25, -0.2) is 0 Å². The molecular weight excluding hydrogens is 178 g/mol. The monoisotopic (exact) mass is 199 g/mol. The zero-order valence-corrected chi connectivity index (χ0v) is 9.29. The highest BCUT2D eigenvalue weighted by Crippen LogP contribution is 2.13. The van der Waals surface area contributed by atoms with Gasteiger partial charge in [0, 0.05) is 25.7 Å². The number of nitrogens with one attached hydrogen (secondary N) is 1. The van der Waals surface area contributed by atoms with Crippen LogP contribution < -0.4 is 11.1 Å². The van der Waals surface area contributed by atoms with Gasteiger partial charge in [-0.05, 0) is 13.0 Å². The first-order valence-corrected chi connectivity index (χ1v) is 5.22. The Hall–Kier alpha value is -0.610. The van der Waals surface area contributed by atoms with Crippen LogP contribution in [-0.4, -0.2) is 43.5 Å². The number of carbonyl (C=O) groups excluding carboxylic acids is 1. The third-order valence-corrected chi connectivity index (χ3v) is 2.57. The SMILES string of the molecule is CC(C)CNC(=O)[C@@H]1CN(C)C[C@@H]1N. The quantitative estimate of drug-likeness (QED) is 0.653. The summed E-state index contributed by atoms with van der Waals surface area (Å²) in [6.07, 6.45) is 0. The Kier molecular flexibility index (Phi) is 3.89. The van der Waals surface area contributed by atoms with E-state index in [0.717, 1.165) is 19.6 Å². The molecule has 1 rings (SSSR count). The molecule has 1 aliphatic rings. The van der Waals surface area contributed by atoms with Crippen LogP contribution in [0.3, 0.4) is 0 Å². The molecule has 1 amide bonds. The summed E-state index contributed by atoms with van der Waals surface area (Å²) in [4.78, 5) is 13.8. The summed E-state index contributed by atoms with van der Waals surface area (Å²) in [5, 5.41) is 2.93. The van der Waals surface area contributed by atoms with Gasteiger partial charge in [-0.1, -0.05) is 13.8 Å². The van der Waals surface area contributed by atoms with E-state index >= 15 is 0 Å². The van der Waals surface area contributed by atoms with Crippen LogP contribution in [0.25, 0.3) is 0 Å². The molecule has 3 N–H and O–H groups in total. The smallest absolute Gasteiger partial charge is 0.226 e. The Morgan fingerprint density at radius 2 is 2.21 bits per heavy atom. The Morgan fingerprint density at radius 3 is 2.64 bits per heavy atom. The molecule has 0 bridgehead atoms. The van der Waals surface area contributed by atoms with E-state index in [-0.39, 0.29) is 17.9 Å². The zero-order chi connectivity index (χ0) is 10.7. The number of likely N-dealkylation sites (N-methyl/N-ethyl adjacent to an activating group) is 1. The van der Waals surface area contributed by atoms with E-state index < -0.39 is 0 Å². The fraction of sp³-hybridized carbons (Fsp3) is 0.900. The molecule has 2 atom stereocenters. The molecule has 1 saturated heterocycles. The van der Waals surface area contributed by atoms with Crippen LogP contribution in [0, 0.1) is 11.8 Å². The van der Waals surface area contributed by atoms with E-state index in [2.05, 4.69) is 24.1 Å². The molecule has 0 spiro atoms. The van der Waals surface area contributed by atoms with Crippen LogP contribution in [0.1, 0.15) is 13.8 Å². The lowest BCUT2D eigenvalue weighted by Gasteiger charge is -2.15. The van der Waals surface area contributed by atoms with Gasteiger partial charge < -0.3 is 16.0 Å². The van der Waals surface area contributed by atoms with Crippen LogP contribution in [0.15, 0.2) is 0 Å². The van der Waals surface area contributed by atoms with Gasteiger partial charge in [0.25, 0.3) is 0 Å². The predicted molar refractivity (Wildman–Crippen MR) is 56.8 cm³/mol. The largest absolute Gasteiger partial charge is 0.356 e. The van der Waals surface area contributed by atoms with E-state index in [0.29, 0.717) is 5.92 Å². The van der Waals surface area contributed by atoms with Gasteiger partial charge in [0.05, 0.1) is 5.92 Å². The first-order valence-electron chi connectivity index (χ1n) is 5.22. The highest BCUT2D eigenvalue weighted by molar-refractivity contribution is 5.80. The van der Waals surface area contributed by atoms with Crippen molar-refractivity contribution < 1.29 is 4.79 Å². The summed E-state index contributed by atoms with van der Waals surface area (Å²) in [6, 6.07) is -0.00726. The van der Waals surface area contributed by atoms with Crippen LogP contribution >= 0.6 is 0 Å². The number of nitrogens with zero attached hydrogens (tertiary/aromatic N) is 1. The summed E-state index contributed by atoms with van der Waals surface area (Å²) in [7, 11) is 2.00. The van der Waals surface area contributed by atoms with Gasteiger partial charge in [0.1, 0.15) is 0 Å². The Morgan fingerprint density at radius 1 is 1.57 bits per heavy atom. The topological polar surface area (TPSA) is 58.4 Å². The van der Waals surface area contributed by atoms with Gasteiger partial charge >= 0.3 is 0 Å². The highest BCUT2D eigenvalue weighted by Gasteiger charge is 2.33. The van der Waals surface area contributed by atoms with Crippen molar-refractivity contribution in [3.05, 3.63) is 0 Å². The van der Waals surface area contributed by atoms with E-state index in [1.807, 2.05) is 7.05 Å². The number of hydrogen-bond acceptors (Lipinski definition) is 3. The minimum atomic E-state index is -0.0289. The number of nitrogens with two attached hydrogens (primary N) is 1. The molecule has 0 aliphatic carbocycles. The van der Waals surface area contributed by atoms with E-state index in [9.17, 15) is 4.79 Å². The second-order valence-electron chi connectivity index (χ2n) is 4.63. The standard InChI is InChI=1S/C10H21N3O/c1-7(2)4-12-10(14)8-5-13(3)6-9(8)11/h7-9H,4-6,11H2,1-3H3,(H,12,14)/t8-,9+/m1/s1. The average molecular weight is 199 g/mol. The lowest BCUT2D eigenvalue weighted by Crippen LogP contribution is -2.42. The van der Waals surface area contributed by atoms with Crippen molar-refractivity contribution in [1.82, 2.24) is 10.2 Å². The second kappa shape index (κ2) is 4.75. The molecule has 14 heavy (non-hydrogen) atoms. The van der Waals surface area contributed by atoms with E-state index in [4.69, 9.17) is 5.73 Å². The summed E-state index contributed by atoms with van der Waals surface area (Å²) in [5.41, 5.74) is 5.87. The summed E-state index contributed by atoms with van der Waals surface area (Å²) in [6.45, 7) is 6.51. The number of amides is 1. The number of carbonyl (C=O) groups is 1. The maximum Gasteiger partial charge on any atom is 0.226 e. The molecule has 0 unspecified atom stereocenters. The Labute approximate surface area is 85.8 Å². The van der Waals surface area contributed by atoms with Crippen LogP contribution in [0.5, 0.6) is 0 Å². The minimum Gasteiger partial charge on any atom is -0.356 e. The van der Waals surface area contributed by atoms with Crippen molar-refractivity contribution in [2.24, 2.45) is 17.6 Å². The minimum absolute atomic E-state index is 0.00726. The summed E-state index contributed by atoms with van der Waals surface area (Å²) in [5.74, 6) is 0.573. The third kappa shape index (κ3) is 2.96. The van der Waals surface area contributed by atoms with Gasteiger partial charge in [-0.15, -0.1) is 0 Å². The molecule has 0 aromatic heterocycles. The fourth-order valence-electron chi connectivity index (χ4n) is 1.75. The summed E-state index contributed by atoms with van der Waals surface area (Å²) >= 11 is 0. The van der Waals surface area contributed by atoms with Gasteiger partial charge in [-0.3, -0.25) is 4.79 Å². The Balaban J connectivity index is 2.37. The highest BCUT2D eigenvalue weighted by atomic mass is 16.2. The predicted octanol–water partition coefficient (Wildman–Crippen LogP) is -0.352. The molecule has 1 aliphatic heterocycles. The second-order valence-corrected chi connectivity index (χ2v) is 4.63. The van der Waals surface area contributed by atoms with Gasteiger partial charge in [0.15, 0.2) is 0 Å². The maximum atomic E-state index is 11.7. The van der Waals surface area contributed by atoms with Crippen molar-refractivity contribution in [3.63, 3.8) is 0 Å². The van der Waals surface area contributed by atoms with Crippen LogP contribution in [-0.2, 0) is 4.79 Å². The molecule has 4 heteroatoms. The van der Waals surface area contributed by atoms with E-state index in [1.165, 1.54) is 0 Å². The van der Waals surface area contributed by atoms with Crippen molar-refractivity contribution in [3.8, 4) is 0 Å². The Bertz CT molecular complexity index is 206. The number of rotatable bonds is 3. The third-order valence-electron chi connectivity index (χ3n) is 2.57. The first-order chi connectivity index (χ1) is 6.50. The molecule has 0 aromatic carbocycles. The van der Waals surface area contributed by atoms with E-state index in [1.54, 1.807) is 0 Å². The van der Waals surface area contributed by atoms with Gasteiger partial charge in [0.2, 0.25) is 5.91 Å². The molecule has 82 valence electrons. The molecule has 1 fully saturated rings. The van der Waals surface area contributed by atoms with Crippen molar-refractivity contribution in [2.75, 3.05) is 26.7 Å². The van der Waals surface area contributed by atoms with Crippen molar-refractivity contribution >= 4 is 5.91 Å².